The third-order valence-corrected chi connectivity index (χ3v) is 2.51. The fourth-order valence-electron chi connectivity index (χ4n) is 1.48. The lowest BCUT2D eigenvalue weighted by Gasteiger charge is -2.26. The maximum absolute atomic E-state index is 11.6. The van der Waals surface area contributed by atoms with E-state index in [-0.39, 0.29) is 11.9 Å². The minimum Gasteiger partial charge on any atom is -0.495 e. The quantitative estimate of drug-likeness (QED) is 0.775. The average Bonchev–Trinajstić information content (AvgIpc) is 2.15. The third kappa shape index (κ3) is 2.10. The van der Waals surface area contributed by atoms with Crippen molar-refractivity contribution in [1.82, 2.24) is 5.32 Å². The number of nitrogens with one attached hydrogen (secondary N) is 2. The number of hydrogen-bond donors (Lipinski definition) is 2. The zero-order valence-corrected chi connectivity index (χ0v) is 8.62. The summed E-state index contributed by atoms with van der Waals surface area (Å²) in [6.45, 7) is 0.921. The Bertz CT molecular complexity index is 361. The third-order valence-electron chi connectivity index (χ3n) is 2.51. The Morgan fingerprint density at radius 1 is 1.53 bits per heavy atom. The average molecular weight is 206 g/mol. The second-order valence-electron chi connectivity index (χ2n) is 3.48. The largest absolute Gasteiger partial charge is 0.495 e. The number of anilines is 1. The molecule has 1 atom stereocenters. The standard InChI is InChI=1S/C11H14N2O2/c1-15-10-5-3-2-4-8(10)13-11(14)9-6-7-12-9/h2-5,9,12H,6-7H2,1H3,(H,13,14)/t9-/m1/s1. The van der Waals surface area contributed by atoms with Crippen molar-refractivity contribution >= 4 is 11.6 Å². The van der Waals surface area contributed by atoms with E-state index in [2.05, 4.69) is 10.6 Å². The molecule has 1 aliphatic rings. The summed E-state index contributed by atoms with van der Waals surface area (Å²) in [7, 11) is 1.59. The maximum atomic E-state index is 11.6. The molecule has 15 heavy (non-hydrogen) atoms. The van der Waals surface area contributed by atoms with Gasteiger partial charge in [-0.05, 0) is 25.1 Å². The van der Waals surface area contributed by atoms with Crippen LogP contribution in [0.1, 0.15) is 6.42 Å². The van der Waals surface area contributed by atoms with Gasteiger partial charge in [0.05, 0.1) is 18.8 Å². The van der Waals surface area contributed by atoms with Crippen LogP contribution in [-0.4, -0.2) is 25.6 Å². The summed E-state index contributed by atoms with van der Waals surface area (Å²) in [5.74, 6) is 0.691. The van der Waals surface area contributed by atoms with Gasteiger partial charge in [0.1, 0.15) is 5.75 Å². The van der Waals surface area contributed by atoms with Gasteiger partial charge in [-0.1, -0.05) is 12.1 Å². The number of para-hydroxylation sites is 2. The smallest absolute Gasteiger partial charge is 0.241 e. The lowest BCUT2D eigenvalue weighted by atomic mass is 10.1. The molecule has 0 aromatic heterocycles. The number of hydrogen-bond acceptors (Lipinski definition) is 3. The number of ether oxygens (including phenoxy) is 1. The Labute approximate surface area is 88.6 Å². The van der Waals surface area contributed by atoms with Crippen LogP contribution in [0, 0.1) is 0 Å². The van der Waals surface area contributed by atoms with Gasteiger partial charge in [0.25, 0.3) is 0 Å². The van der Waals surface area contributed by atoms with E-state index in [0.717, 1.165) is 18.7 Å². The van der Waals surface area contributed by atoms with Crippen molar-refractivity contribution < 1.29 is 9.53 Å². The van der Waals surface area contributed by atoms with Gasteiger partial charge < -0.3 is 15.4 Å². The van der Waals surface area contributed by atoms with Crippen molar-refractivity contribution in [3.8, 4) is 5.75 Å². The van der Waals surface area contributed by atoms with Crippen LogP contribution in [0.2, 0.25) is 0 Å². The molecular formula is C11H14N2O2. The van der Waals surface area contributed by atoms with Crippen LogP contribution in [0.15, 0.2) is 24.3 Å². The Kier molecular flexibility index (Phi) is 2.87. The van der Waals surface area contributed by atoms with Crippen LogP contribution < -0.4 is 15.4 Å². The van der Waals surface area contributed by atoms with E-state index in [9.17, 15) is 4.79 Å². The SMILES string of the molecule is COc1ccccc1NC(=O)[C@H]1CCN1. The second kappa shape index (κ2) is 4.31. The molecule has 1 fully saturated rings. The molecule has 4 nitrogen and oxygen atoms in total. The fraction of sp³-hybridized carbons (Fsp3) is 0.364. The second-order valence-corrected chi connectivity index (χ2v) is 3.48. The molecule has 0 aliphatic carbocycles. The van der Waals surface area contributed by atoms with Crippen molar-refractivity contribution in [2.75, 3.05) is 19.0 Å². The van der Waals surface area contributed by atoms with Gasteiger partial charge in [-0.25, -0.2) is 0 Å². The summed E-state index contributed by atoms with van der Waals surface area (Å²) in [6, 6.07) is 7.34. The monoisotopic (exact) mass is 206 g/mol. The molecule has 80 valence electrons. The van der Waals surface area contributed by atoms with Gasteiger partial charge in [-0.3, -0.25) is 4.79 Å². The van der Waals surface area contributed by atoms with Gasteiger partial charge >= 0.3 is 0 Å². The molecule has 1 aliphatic heterocycles. The van der Waals surface area contributed by atoms with Crippen LogP contribution >= 0.6 is 0 Å². The van der Waals surface area contributed by atoms with Crippen LogP contribution in [0.25, 0.3) is 0 Å². The van der Waals surface area contributed by atoms with Gasteiger partial charge in [0, 0.05) is 0 Å². The molecule has 1 aromatic carbocycles. The normalized spacial score (nSPS) is 19.1. The number of methoxy groups -OCH3 is 1. The first-order chi connectivity index (χ1) is 7.31. The van der Waals surface area contributed by atoms with E-state index in [4.69, 9.17) is 4.74 Å². The molecule has 0 bridgehead atoms. The number of benzene rings is 1. The molecule has 1 heterocycles. The summed E-state index contributed by atoms with van der Waals surface area (Å²) in [5, 5.41) is 5.89. The van der Waals surface area contributed by atoms with E-state index in [1.54, 1.807) is 7.11 Å². The highest BCUT2D eigenvalue weighted by atomic mass is 16.5. The molecular weight excluding hydrogens is 192 g/mol. The minimum absolute atomic E-state index is 0.00532. The summed E-state index contributed by atoms with van der Waals surface area (Å²) < 4.78 is 5.14. The van der Waals surface area contributed by atoms with E-state index >= 15 is 0 Å². The van der Waals surface area contributed by atoms with Crippen molar-refractivity contribution in [3.63, 3.8) is 0 Å². The van der Waals surface area contributed by atoms with Crippen LogP contribution in [0.3, 0.4) is 0 Å². The summed E-state index contributed by atoms with van der Waals surface area (Å²) >= 11 is 0. The highest BCUT2D eigenvalue weighted by molar-refractivity contribution is 5.96. The first-order valence-electron chi connectivity index (χ1n) is 4.98. The van der Waals surface area contributed by atoms with Gasteiger partial charge in [-0.15, -0.1) is 0 Å². The molecule has 1 aromatic rings. The Morgan fingerprint density at radius 2 is 2.27 bits per heavy atom. The fourth-order valence-corrected chi connectivity index (χ4v) is 1.48. The number of carbonyl (C=O) groups is 1. The van der Waals surface area contributed by atoms with Crippen molar-refractivity contribution in [2.45, 2.75) is 12.5 Å². The van der Waals surface area contributed by atoms with Crippen LogP contribution in [-0.2, 0) is 4.79 Å². The highest BCUT2D eigenvalue weighted by Crippen LogP contribution is 2.23. The lowest BCUT2D eigenvalue weighted by Crippen LogP contribution is -2.50. The van der Waals surface area contributed by atoms with Gasteiger partial charge in [0.2, 0.25) is 5.91 Å². The van der Waals surface area contributed by atoms with Crippen molar-refractivity contribution in [2.24, 2.45) is 0 Å². The lowest BCUT2D eigenvalue weighted by molar-refractivity contribution is -0.119. The molecule has 2 N–H and O–H groups in total. The maximum Gasteiger partial charge on any atom is 0.241 e. The molecule has 4 heteroatoms. The zero-order valence-electron chi connectivity index (χ0n) is 8.62. The van der Waals surface area contributed by atoms with Crippen molar-refractivity contribution in [1.29, 1.82) is 0 Å². The minimum atomic E-state index is -0.0464. The van der Waals surface area contributed by atoms with E-state index < -0.39 is 0 Å². The molecule has 1 amide bonds. The van der Waals surface area contributed by atoms with Crippen LogP contribution in [0.5, 0.6) is 5.75 Å². The molecule has 0 spiro atoms. The van der Waals surface area contributed by atoms with E-state index in [1.807, 2.05) is 24.3 Å². The summed E-state index contributed by atoms with van der Waals surface area (Å²) in [5.41, 5.74) is 0.721. The molecule has 1 saturated heterocycles. The first kappa shape index (κ1) is 9.98. The molecule has 0 radical (unpaired) electrons. The predicted molar refractivity (Wildman–Crippen MR) is 58.0 cm³/mol. The van der Waals surface area contributed by atoms with Gasteiger partial charge in [0.15, 0.2) is 0 Å². The predicted octanol–water partition coefficient (Wildman–Crippen LogP) is 0.996. The Morgan fingerprint density at radius 3 is 2.87 bits per heavy atom. The van der Waals surface area contributed by atoms with E-state index in [0.29, 0.717) is 5.75 Å². The van der Waals surface area contributed by atoms with Crippen LogP contribution in [0.4, 0.5) is 5.69 Å². The van der Waals surface area contributed by atoms with E-state index in [1.165, 1.54) is 0 Å². The topological polar surface area (TPSA) is 50.4 Å². The highest BCUT2D eigenvalue weighted by Gasteiger charge is 2.24. The number of amides is 1. The molecule has 0 unspecified atom stereocenters. The Balaban J connectivity index is 2.05. The summed E-state index contributed by atoms with van der Waals surface area (Å²) in [4.78, 5) is 11.6. The number of carbonyl (C=O) groups excluding carboxylic acids is 1. The van der Waals surface area contributed by atoms with Crippen molar-refractivity contribution in [3.05, 3.63) is 24.3 Å². The number of rotatable bonds is 3. The molecule has 0 saturated carbocycles. The van der Waals surface area contributed by atoms with Gasteiger partial charge in [-0.2, -0.15) is 0 Å². The Hall–Kier alpha value is -1.55. The molecule has 2 rings (SSSR count). The summed E-state index contributed by atoms with van der Waals surface area (Å²) in [6.07, 6.45) is 0.904. The zero-order chi connectivity index (χ0) is 10.7. The first-order valence-corrected chi connectivity index (χ1v) is 4.98.